The first-order chi connectivity index (χ1) is 11.1. The lowest BCUT2D eigenvalue weighted by molar-refractivity contribution is -0.143. The molecule has 0 saturated carbocycles. The number of carbonyl (C=O) groups is 3. The SMILES string of the molecule is COC(=O)CCC(=O)N1CC2CN(C(=O)c3cscn3)CC2C1. The Morgan fingerprint density at radius 1 is 1.17 bits per heavy atom. The summed E-state index contributed by atoms with van der Waals surface area (Å²) in [5, 5.41) is 1.76. The maximum Gasteiger partial charge on any atom is 0.306 e. The zero-order chi connectivity index (χ0) is 16.4. The van der Waals surface area contributed by atoms with Gasteiger partial charge in [0.15, 0.2) is 0 Å². The fourth-order valence-electron chi connectivity index (χ4n) is 3.31. The van der Waals surface area contributed by atoms with Crippen LogP contribution in [0.5, 0.6) is 0 Å². The Morgan fingerprint density at radius 3 is 2.39 bits per heavy atom. The highest BCUT2D eigenvalue weighted by Crippen LogP contribution is 2.32. The van der Waals surface area contributed by atoms with Gasteiger partial charge in [0.1, 0.15) is 5.69 Å². The van der Waals surface area contributed by atoms with Crippen molar-refractivity contribution in [1.29, 1.82) is 0 Å². The van der Waals surface area contributed by atoms with Gasteiger partial charge in [0.2, 0.25) is 5.91 Å². The van der Waals surface area contributed by atoms with E-state index < -0.39 is 0 Å². The topological polar surface area (TPSA) is 79.8 Å². The molecule has 2 aliphatic rings. The number of rotatable bonds is 4. The van der Waals surface area contributed by atoms with Gasteiger partial charge in [-0.25, -0.2) is 4.98 Å². The van der Waals surface area contributed by atoms with Crippen LogP contribution in [0.3, 0.4) is 0 Å². The predicted molar refractivity (Wildman–Crippen MR) is 82.8 cm³/mol. The van der Waals surface area contributed by atoms with E-state index in [0.717, 1.165) is 0 Å². The molecule has 8 heteroatoms. The van der Waals surface area contributed by atoms with Crippen molar-refractivity contribution in [2.45, 2.75) is 12.8 Å². The highest BCUT2D eigenvalue weighted by atomic mass is 32.1. The molecule has 23 heavy (non-hydrogen) atoms. The summed E-state index contributed by atoms with van der Waals surface area (Å²) in [5.74, 6) is 0.239. The first kappa shape index (κ1) is 15.9. The van der Waals surface area contributed by atoms with Crippen molar-refractivity contribution in [3.05, 3.63) is 16.6 Å². The van der Waals surface area contributed by atoms with Crippen molar-refractivity contribution in [2.75, 3.05) is 33.3 Å². The monoisotopic (exact) mass is 337 g/mol. The highest BCUT2D eigenvalue weighted by Gasteiger charge is 2.43. The zero-order valence-corrected chi connectivity index (χ0v) is 13.8. The van der Waals surface area contributed by atoms with E-state index in [2.05, 4.69) is 9.72 Å². The molecule has 2 amide bonds. The molecule has 0 N–H and O–H groups in total. The summed E-state index contributed by atoms with van der Waals surface area (Å²) in [7, 11) is 1.32. The molecule has 3 rings (SSSR count). The second-order valence-corrected chi connectivity index (χ2v) is 6.70. The van der Waals surface area contributed by atoms with Crippen LogP contribution in [0, 0.1) is 11.8 Å². The number of esters is 1. The Bertz CT molecular complexity index is 590. The summed E-state index contributed by atoms with van der Waals surface area (Å²) >= 11 is 1.41. The third kappa shape index (κ3) is 3.36. The molecule has 0 radical (unpaired) electrons. The summed E-state index contributed by atoms with van der Waals surface area (Å²) in [6, 6.07) is 0. The molecule has 3 heterocycles. The Labute approximate surface area is 138 Å². The lowest BCUT2D eigenvalue weighted by atomic mass is 10.0. The Morgan fingerprint density at radius 2 is 1.83 bits per heavy atom. The van der Waals surface area contributed by atoms with Crippen molar-refractivity contribution >= 4 is 29.1 Å². The maximum atomic E-state index is 12.3. The number of likely N-dealkylation sites (tertiary alicyclic amines) is 2. The van der Waals surface area contributed by atoms with Crippen molar-refractivity contribution in [3.63, 3.8) is 0 Å². The van der Waals surface area contributed by atoms with Crippen molar-refractivity contribution in [1.82, 2.24) is 14.8 Å². The first-order valence-electron chi connectivity index (χ1n) is 7.60. The van der Waals surface area contributed by atoms with Gasteiger partial charge in [-0.3, -0.25) is 14.4 Å². The van der Waals surface area contributed by atoms with Crippen LogP contribution >= 0.6 is 11.3 Å². The van der Waals surface area contributed by atoms with Crippen LogP contribution in [-0.4, -0.2) is 65.9 Å². The Kier molecular flexibility index (Phi) is 4.61. The molecule has 2 saturated heterocycles. The van der Waals surface area contributed by atoms with Gasteiger partial charge in [0, 0.05) is 49.8 Å². The smallest absolute Gasteiger partial charge is 0.306 e. The average Bonchev–Trinajstić information content (AvgIpc) is 3.25. The van der Waals surface area contributed by atoms with Crippen molar-refractivity contribution < 1.29 is 19.1 Å². The van der Waals surface area contributed by atoms with Crippen molar-refractivity contribution in [3.8, 4) is 0 Å². The minimum absolute atomic E-state index is 0.0119. The fourth-order valence-corrected chi connectivity index (χ4v) is 3.84. The number of hydrogen-bond donors (Lipinski definition) is 0. The number of hydrogen-bond acceptors (Lipinski definition) is 6. The van der Waals surface area contributed by atoms with E-state index in [9.17, 15) is 14.4 Å². The molecule has 2 fully saturated rings. The van der Waals surface area contributed by atoms with E-state index in [1.165, 1.54) is 18.4 Å². The molecule has 0 aliphatic carbocycles. The second kappa shape index (κ2) is 6.66. The van der Waals surface area contributed by atoms with Gasteiger partial charge in [-0.1, -0.05) is 0 Å². The van der Waals surface area contributed by atoms with Crippen LogP contribution in [0.1, 0.15) is 23.3 Å². The molecular formula is C15H19N3O4S. The summed E-state index contributed by atoms with van der Waals surface area (Å²) in [5.41, 5.74) is 2.16. The van der Waals surface area contributed by atoms with Gasteiger partial charge in [-0.15, -0.1) is 11.3 Å². The Hall–Kier alpha value is -1.96. The molecule has 0 aromatic carbocycles. The van der Waals surface area contributed by atoms with Crippen LogP contribution in [0.15, 0.2) is 10.9 Å². The summed E-state index contributed by atoms with van der Waals surface area (Å²) in [4.78, 5) is 43.3. The van der Waals surface area contributed by atoms with Gasteiger partial charge in [-0.05, 0) is 0 Å². The van der Waals surface area contributed by atoms with Crippen LogP contribution in [0.4, 0.5) is 0 Å². The normalized spacial score (nSPS) is 23.0. The minimum Gasteiger partial charge on any atom is -0.469 e. The number of fused-ring (bicyclic) bond motifs is 1. The zero-order valence-electron chi connectivity index (χ0n) is 12.9. The molecular weight excluding hydrogens is 318 g/mol. The fraction of sp³-hybridized carbons (Fsp3) is 0.600. The number of thiazole rings is 1. The van der Waals surface area contributed by atoms with Gasteiger partial charge in [0.05, 0.1) is 19.0 Å². The van der Waals surface area contributed by atoms with Crippen LogP contribution in [0.25, 0.3) is 0 Å². The maximum absolute atomic E-state index is 12.3. The quantitative estimate of drug-likeness (QED) is 0.753. The van der Waals surface area contributed by atoms with Crippen LogP contribution in [0.2, 0.25) is 0 Å². The predicted octanol–water partition coefficient (Wildman–Crippen LogP) is 0.627. The number of methoxy groups -OCH3 is 1. The molecule has 7 nitrogen and oxygen atoms in total. The number of amides is 2. The molecule has 2 aliphatic heterocycles. The average molecular weight is 337 g/mol. The molecule has 2 unspecified atom stereocenters. The Balaban J connectivity index is 1.50. The molecule has 0 bridgehead atoms. The van der Waals surface area contributed by atoms with Crippen LogP contribution < -0.4 is 0 Å². The molecule has 124 valence electrons. The minimum atomic E-state index is -0.363. The van der Waals surface area contributed by atoms with Crippen LogP contribution in [-0.2, 0) is 14.3 Å². The highest BCUT2D eigenvalue weighted by molar-refractivity contribution is 7.07. The number of carbonyl (C=O) groups excluding carboxylic acids is 3. The van der Waals surface area contributed by atoms with E-state index in [1.54, 1.807) is 10.9 Å². The van der Waals surface area contributed by atoms with Gasteiger partial charge >= 0.3 is 5.97 Å². The van der Waals surface area contributed by atoms with E-state index >= 15 is 0 Å². The first-order valence-corrected chi connectivity index (χ1v) is 8.54. The summed E-state index contributed by atoms with van der Waals surface area (Å²) in [6.45, 7) is 2.65. The molecule has 2 atom stereocenters. The number of nitrogens with zero attached hydrogens (tertiary/aromatic N) is 3. The van der Waals surface area contributed by atoms with E-state index in [-0.39, 0.29) is 30.6 Å². The second-order valence-electron chi connectivity index (χ2n) is 5.98. The number of ether oxygens (including phenoxy) is 1. The van der Waals surface area contributed by atoms with E-state index in [1.807, 2.05) is 9.80 Å². The largest absolute Gasteiger partial charge is 0.469 e. The summed E-state index contributed by atoms with van der Waals surface area (Å²) < 4.78 is 4.55. The van der Waals surface area contributed by atoms with E-state index in [0.29, 0.717) is 43.7 Å². The van der Waals surface area contributed by atoms with Gasteiger partial charge < -0.3 is 14.5 Å². The lowest BCUT2D eigenvalue weighted by Crippen LogP contribution is -2.35. The van der Waals surface area contributed by atoms with Gasteiger partial charge in [-0.2, -0.15) is 0 Å². The molecule has 0 spiro atoms. The third-order valence-electron chi connectivity index (χ3n) is 4.55. The number of aromatic nitrogens is 1. The van der Waals surface area contributed by atoms with Crippen molar-refractivity contribution in [2.24, 2.45) is 11.8 Å². The summed E-state index contributed by atoms with van der Waals surface area (Å²) in [6.07, 6.45) is 0.309. The molecule has 1 aromatic heterocycles. The molecule has 1 aromatic rings. The standard InChI is InChI=1S/C15H19N3O4S/c1-22-14(20)3-2-13(19)17-4-10-6-18(7-11(10)5-17)15(21)12-8-23-9-16-12/h8-11H,2-7H2,1H3. The lowest BCUT2D eigenvalue weighted by Gasteiger charge is -2.21. The third-order valence-corrected chi connectivity index (χ3v) is 5.13. The van der Waals surface area contributed by atoms with Gasteiger partial charge in [0.25, 0.3) is 5.91 Å². The van der Waals surface area contributed by atoms with E-state index in [4.69, 9.17) is 0 Å².